The van der Waals surface area contributed by atoms with Crippen LogP contribution in [0.1, 0.15) is 16.1 Å². The van der Waals surface area contributed by atoms with Gasteiger partial charge in [-0.3, -0.25) is 4.79 Å². The van der Waals surface area contributed by atoms with Gasteiger partial charge in [0.15, 0.2) is 5.69 Å². The molecule has 2 heterocycles. The fourth-order valence-electron chi connectivity index (χ4n) is 1.54. The van der Waals surface area contributed by atoms with Crippen molar-refractivity contribution in [1.82, 2.24) is 9.97 Å². The summed E-state index contributed by atoms with van der Waals surface area (Å²) in [6, 6.07) is 5.80. The first-order chi connectivity index (χ1) is 10.1. The number of hydrogen-bond donors (Lipinski definition) is 3. The van der Waals surface area contributed by atoms with E-state index in [2.05, 4.69) is 27.1 Å². The zero-order chi connectivity index (χ0) is 15.2. The molecule has 2 rings (SSSR count). The van der Waals surface area contributed by atoms with Gasteiger partial charge in [0, 0.05) is 17.8 Å². The van der Waals surface area contributed by atoms with Gasteiger partial charge in [-0.2, -0.15) is 0 Å². The third kappa shape index (κ3) is 3.65. The van der Waals surface area contributed by atoms with Crippen LogP contribution in [0.2, 0.25) is 0 Å². The lowest BCUT2D eigenvalue weighted by atomic mass is 10.2. The van der Waals surface area contributed by atoms with E-state index in [1.54, 1.807) is 12.1 Å². The second-order valence-electron chi connectivity index (χ2n) is 3.90. The molecular formula is C13H11N5O3. The Kier molecular flexibility index (Phi) is 4.28. The van der Waals surface area contributed by atoms with Gasteiger partial charge in [0.05, 0.1) is 6.54 Å². The number of nitro groups is 1. The van der Waals surface area contributed by atoms with Crippen molar-refractivity contribution < 1.29 is 9.72 Å². The second-order valence-corrected chi connectivity index (χ2v) is 3.90. The maximum absolute atomic E-state index is 11.9. The van der Waals surface area contributed by atoms with E-state index in [4.69, 9.17) is 5.73 Å². The van der Waals surface area contributed by atoms with Crippen molar-refractivity contribution in [1.29, 1.82) is 0 Å². The van der Waals surface area contributed by atoms with Crippen LogP contribution in [0.5, 0.6) is 0 Å². The van der Waals surface area contributed by atoms with E-state index in [0.29, 0.717) is 11.4 Å². The highest BCUT2D eigenvalue weighted by Crippen LogP contribution is 2.12. The standard InChI is InChI=1S/C13H11N5O3/c14-6-1-2-9-5-7-15-11(8-9)17-13(19)10-3-4-12(16-10)18(20)21/h3-5,7-8,16H,6,14H2,(H,15,17,19). The van der Waals surface area contributed by atoms with E-state index < -0.39 is 10.8 Å². The van der Waals surface area contributed by atoms with E-state index in [-0.39, 0.29) is 18.1 Å². The Morgan fingerprint density at radius 1 is 1.48 bits per heavy atom. The van der Waals surface area contributed by atoms with Crippen molar-refractivity contribution in [3.63, 3.8) is 0 Å². The third-order valence-corrected chi connectivity index (χ3v) is 2.45. The molecule has 0 aliphatic carbocycles. The van der Waals surface area contributed by atoms with Gasteiger partial charge >= 0.3 is 5.82 Å². The van der Waals surface area contributed by atoms with Gasteiger partial charge in [-0.1, -0.05) is 11.8 Å². The van der Waals surface area contributed by atoms with E-state index in [1.165, 1.54) is 18.3 Å². The van der Waals surface area contributed by atoms with E-state index in [0.717, 1.165) is 0 Å². The predicted molar refractivity (Wildman–Crippen MR) is 75.6 cm³/mol. The molecule has 0 fully saturated rings. The summed E-state index contributed by atoms with van der Waals surface area (Å²) in [5.41, 5.74) is 6.01. The molecule has 0 aliphatic rings. The largest absolute Gasteiger partial charge is 0.358 e. The van der Waals surface area contributed by atoms with Crippen LogP contribution in [-0.4, -0.2) is 27.3 Å². The van der Waals surface area contributed by atoms with Crippen LogP contribution in [-0.2, 0) is 0 Å². The first kappa shape index (κ1) is 14.2. The van der Waals surface area contributed by atoms with Gasteiger partial charge in [0.25, 0.3) is 5.91 Å². The van der Waals surface area contributed by atoms with Crippen LogP contribution in [0.4, 0.5) is 11.6 Å². The number of amides is 1. The Morgan fingerprint density at radius 2 is 2.29 bits per heavy atom. The highest BCUT2D eigenvalue weighted by atomic mass is 16.6. The smallest absolute Gasteiger partial charge is 0.321 e. The minimum Gasteiger partial charge on any atom is -0.358 e. The average Bonchev–Trinajstić information content (AvgIpc) is 2.95. The molecule has 0 spiro atoms. The van der Waals surface area contributed by atoms with Crippen LogP contribution in [0, 0.1) is 22.0 Å². The Bertz CT molecular complexity index is 742. The Morgan fingerprint density at radius 3 is 2.95 bits per heavy atom. The molecule has 0 aromatic carbocycles. The summed E-state index contributed by atoms with van der Waals surface area (Å²) in [5.74, 6) is 5.01. The lowest BCUT2D eigenvalue weighted by molar-refractivity contribution is -0.389. The number of pyridine rings is 1. The topological polar surface area (TPSA) is 127 Å². The van der Waals surface area contributed by atoms with Crippen LogP contribution in [0.25, 0.3) is 0 Å². The van der Waals surface area contributed by atoms with Crippen LogP contribution >= 0.6 is 0 Å². The lowest BCUT2D eigenvalue weighted by Gasteiger charge is -2.01. The van der Waals surface area contributed by atoms with Crippen LogP contribution in [0.15, 0.2) is 30.5 Å². The predicted octanol–water partition coefficient (Wildman–Crippen LogP) is 0.880. The van der Waals surface area contributed by atoms with Crippen molar-refractivity contribution in [3.8, 4) is 11.8 Å². The molecule has 0 radical (unpaired) electrons. The van der Waals surface area contributed by atoms with Gasteiger partial charge in [-0.25, -0.2) is 9.97 Å². The molecule has 0 aliphatic heterocycles. The number of anilines is 1. The molecule has 0 unspecified atom stereocenters. The summed E-state index contributed by atoms with van der Waals surface area (Å²) < 4.78 is 0. The van der Waals surface area contributed by atoms with Gasteiger partial charge in [0.2, 0.25) is 0 Å². The number of nitrogens with zero attached hydrogens (tertiary/aromatic N) is 2. The summed E-state index contributed by atoms with van der Waals surface area (Å²) in [6.07, 6.45) is 1.49. The van der Waals surface area contributed by atoms with Crippen LogP contribution in [0.3, 0.4) is 0 Å². The van der Waals surface area contributed by atoms with Gasteiger partial charge in [-0.15, -0.1) is 0 Å². The molecule has 8 heteroatoms. The Hall–Kier alpha value is -3.18. The number of aromatic amines is 1. The maximum Gasteiger partial charge on any atom is 0.321 e. The summed E-state index contributed by atoms with van der Waals surface area (Å²) in [4.78, 5) is 28.2. The van der Waals surface area contributed by atoms with E-state index >= 15 is 0 Å². The SMILES string of the molecule is NCC#Cc1ccnc(NC(=O)c2ccc([N+](=O)[O-])[nH]2)c1. The second kappa shape index (κ2) is 6.31. The molecular weight excluding hydrogens is 274 g/mol. The number of H-pyrrole nitrogens is 1. The lowest BCUT2D eigenvalue weighted by Crippen LogP contribution is -2.13. The maximum atomic E-state index is 11.9. The number of rotatable bonds is 3. The molecule has 2 aromatic rings. The van der Waals surface area contributed by atoms with Crippen molar-refractivity contribution >= 4 is 17.5 Å². The highest BCUT2D eigenvalue weighted by Gasteiger charge is 2.15. The quantitative estimate of drug-likeness (QED) is 0.438. The molecule has 4 N–H and O–H groups in total. The normalized spacial score (nSPS) is 9.57. The highest BCUT2D eigenvalue weighted by molar-refractivity contribution is 6.02. The summed E-state index contributed by atoms with van der Waals surface area (Å²) in [7, 11) is 0. The first-order valence-electron chi connectivity index (χ1n) is 5.90. The van der Waals surface area contributed by atoms with Crippen LogP contribution < -0.4 is 11.1 Å². The number of aromatic nitrogens is 2. The molecule has 0 saturated carbocycles. The molecule has 1 amide bonds. The van der Waals surface area contributed by atoms with E-state index in [9.17, 15) is 14.9 Å². The number of carbonyl (C=O) groups excluding carboxylic acids is 1. The van der Waals surface area contributed by atoms with Crippen molar-refractivity contribution in [2.45, 2.75) is 0 Å². The fourth-order valence-corrected chi connectivity index (χ4v) is 1.54. The van der Waals surface area contributed by atoms with Gasteiger partial charge < -0.3 is 21.2 Å². The number of nitrogens with one attached hydrogen (secondary N) is 2. The monoisotopic (exact) mass is 285 g/mol. The molecule has 0 atom stereocenters. The summed E-state index contributed by atoms with van der Waals surface area (Å²) >= 11 is 0. The van der Waals surface area contributed by atoms with Crippen molar-refractivity contribution in [2.24, 2.45) is 5.73 Å². The zero-order valence-electron chi connectivity index (χ0n) is 10.8. The molecule has 2 aromatic heterocycles. The van der Waals surface area contributed by atoms with Crippen molar-refractivity contribution in [3.05, 3.63) is 51.8 Å². The first-order valence-corrected chi connectivity index (χ1v) is 5.90. The van der Waals surface area contributed by atoms with Gasteiger partial charge in [0.1, 0.15) is 5.82 Å². The molecule has 0 bridgehead atoms. The number of carbonyl (C=O) groups is 1. The summed E-state index contributed by atoms with van der Waals surface area (Å²) in [5, 5.41) is 13.1. The minimum atomic E-state index is -0.613. The molecule has 21 heavy (non-hydrogen) atoms. The number of hydrogen-bond acceptors (Lipinski definition) is 5. The fraction of sp³-hybridized carbons (Fsp3) is 0.0769. The molecule has 0 saturated heterocycles. The molecule has 106 valence electrons. The Labute approximate surface area is 119 Å². The minimum absolute atomic E-state index is 0.0712. The van der Waals surface area contributed by atoms with E-state index in [1.807, 2.05) is 0 Å². The molecule has 8 nitrogen and oxygen atoms in total. The Balaban J connectivity index is 2.13. The van der Waals surface area contributed by atoms with Crippen molar-refractivity contribution in [2.75, 3.05) is 11.9 Å². The third-order valence-electron chi connectivity index (χ3n) is 2.45. The number of nitrogens with two attached hydrogens (primary N) is 1. The van der Waals surface area contributed by atoms with Gasteiger partial charge in [-0.05, 0) is 23.1 Å². The average molecular weight is 285 g/mol. The zero-order valence-corrected chi connectivity index (χ0v) is 10.8. The summed E-state index contributed by atoms with van der Waals surface area (Å²) in [6.45, 7) is 0.232.